The van der Waals surface area contributed by atoms with Crippen molar-refractivity contribution in [1.82, 2.24) is 5.43 Å². The summed E-state index contributed by atoms with van der Waals surface area (Å²) in [4.78, 5) is 2.98. The van der Waals surface area contributed by atoms with E-state index in [9.17, 15) is 0 Å². The zero-order valence-corrected chi connectivity index (χ0v) is 12.2. The molecule has 4 heteroatoms. The maximum Gasteiger partial charge on any atom is 0.0579 e. The van der Waals surface area contributed by atoms with Crippen molar-refractivity contribution in [2.75, 3.05) is 13.7 Å². The number of hydrazine groups is 1. The fourth-order valence-electron chi connectivity index (χ4n) is 2.66. The fraction of sp³-hybridized carbons (Fsp3) is 0.714. The molecule has 0 aromatic carbocycles. The van der Waals surface area contributed by atoms with Crippen LogP contribution >= 0.6 is 11.3 Å². The van der Waals surface area contributed by atoms with E-state index in [1.165, 1.54) is 30.6 Å². The molecule has 1 aliphatic rings. The lowest BCUT2D eigenvalue weighted by molar-refractivity contribution is 0.170. The minimum Gasteiger partial charge on any atom is -0.385 e. The lowest BCUT2D eigenvalue weighted by Crippen LogP contribution is -2.32. The topological polar surface area (TPSA) is 47.3 Å². The van der Waals surface area contributed by atoms with Crippen LogP contribution in [0.3, 0.4) is 0 Å². The fourth-order valence-corrected chi connectivity index (χ4v) is 4.12. The Bertz CT molecular complexity index is 354. The lowest BCUT2D eigenvalue weighted by atomic mass is 9.95. The van der Waals surface area contributed by atoms with Crippen molar-refractivity contribution in [3.05, 3.63) is 21.4 Å². The minimum atomic E-state index is 0.260. The Morgan fingerprint density at radius 3 is 2.89 bits per heavy atom. The highest BCUT2D eigenvalue weighted by molar-refractivity contribution is 7.12. The van der Waals surface area contributed by atoms with E-state index in [2.05, 4.69) is 18.4 Å². The first-order valence-corrected chi connectivity index (χ1v) is 7.64. The van der Waals surface area contributed by atoms with Crippen molar-refractivity contribution in [3.63, 3.8) is 0 Å². The van der Waals surface area contributed by atoms with Gasteiger partial charge >= 0.3 is 0 Å². The summed E-state index contributed by atoms with van der Waals surface area (Å²) in [6.45, 7) is 3.03. The molecule has 102 valence electrons. The zero-order valence-electron chi connectivity index (χ0n) is 11.4. The highest BCUT2D eigenvalue weighted by atomic mass is 32.1. The van der Waals surface area contributed by atoms with E-state index in [4.69, 9.17) is 10.6 Å². The Morgan fingerprint density at radius 1 is 1.44 bits per heavy atom. The SMILES string of the molecule is COCCC(C)C(NN)c1cc2c(s1)CCCC2. The van der Waals surface area contributed by atoms with Crippen LogP contribution in [-0.2, 0) is 17.6 Å². The quantitative estimate of drug-likeness (QED) is 0.616. The molecule has 3 nitrogen and oxygen atoms in total. The van der Waals surface area contributed by atoms with Gasteiger partial charge in [-0.05, 0) is 49.7 Å². The molecule has 0 amide bonds. The summed E-state index contributed by atoms with van der Waals surface area (Å²) in [7, 11) is 1.75. The first-order valence-electron chi connectivity index (χ1n) is 6.82. The molecule has 2 atom stereocenters. The van der Waals surface area contributed by atoms with Crippen LogP contribution in [0.15, 0.2) is 6.07 Å². The number of methoxy groups -OCH3 is 1. The van der Waals surface area contributed by atoms with Crippen molar-refractivity contribution >= 4 is 11.3 Å². The Kier molecular flexibility index (Phi) is 5.18. The summed E-state index contributed by atoms with van der Waals surface area (Å²) in [5, 5.41) is 0. The van der Waals surface area contributed by atoms with Gasteiger partial charge in [0.2, 0.25) is 0 Å². The molecule has 1 aliphatic carbocycles. The molecule has 3 N–H and O–H groups in total. The van der Waals surface area contributed by atoms with Crippen LogP contribution in [-0.4, -0.2) is 13.7 Å². The van der Waals surface area contributed by atoms with Gasteiger partial charge in [-0.15, -0.1) is 11.3 Å². The maximum absolute atomic E-state index is 5.75. The van der Waals surface area contributed by atoms with Gasteiger partial charge < -0.3 is 4.74 Å². The number of nitrogens with one attached hydrogen (secondary N) is 1. The molecule has 0 fully saturated rings. The van der Waals surface area contributed by atoms with Crippen LogP contribution in [0, 0.1) is 5.92 Å². The molecule has 0 saturated carbocycles. The smallest absolute Gasteiger partial charge is 0.0579 e. The van der Waals surface area contributed by atoms with Crippen molar-refractivity contribution in [2.45, 2.75) is 45.1 Å². The second-order valence-electron chi connectivity index (χ2n) is 5.21. The van der Waals surface area contributed by atoms with Gasteiger partial charge in [0.05, 0.1) is 6.04 Å². The number of nitrogens with two attached hydrogens (primary N) is 1. The molecule has 0 saturated heterocycles. The number of ether oxygens (including phenoxy) is 1. The van der Waals surface area contributed by atoms with E-state index in [-0.39, 0.29) is 6.04 Å². The summed E-state index contributed by atoms with van der Waals surface area (Å²) in [5.41, 5.74) is 4.55. The second kappa shape index (κ2) is 6.66. The van der Waals surface area contributed by atoms with Gasteiger partial charge in [-0.2, -0.15) is 0 Å². The van der Waals surface area contributed by atoms with Crippen LogP contribution in [0.1, 0.15) is 47.5 Å². The average molecular weight is 268 g/mol. The summed E-state index contributed by atoms with van der Waals surface area (Å²) < 4.78 is 5.16. The zero-order chi connectivity index (χ0) is 13.0. The van der Waals surface area contributed by atoms with Gasteiger partial charge in [0.15, 0.2) is 0 Å². The Hall–Kier alpha value is -0.420. The highest BCUT2D eigenvalue weighted by Gasteiger charge is 2.22. The van der Waals surface area contributed by atoms with Gasteiger partial charge in [0.25, 0.3) is 0 Å². The van der Waals surface area contributed by atoms with Crippen LogP contribution in [0.4, 0.5) is 0 Å². The third-order valence-corrected chi connectivity index (χ3v) is 5.17. The summed E-state index contributed by atoms with van der Waals surface area (Å²) in [5.74, 6) is 6.25. The Morgan fingerprint density at radius 2 is 2.22 bits per heavy atom. The lowest BCUT2D eigenvalue weighted by Gasteiger charge is -2.21. The molecule has 1 heterocycles. The summed E-state index contributed by atoms with van der Waals surface area (Å²) in [6.07, 6.45) is 6.21. The molecule has 2 rings (SSSR count). The monoisotopic (exact) mass is 268 g/mol. The number of hydrogen-bond donors (Lipinski definition) is 2. The summed E-state index contributed by atoms with van der Waals surface area (Å²) in [6, 6.07) is 2.63. The van der Waals surface area contributed by atoms with Crippen molar-refractivity contribution in [2.24, 2.45) is 11.8 Å². The van der Waals surface area contributed by atoms with Crippen LogP contribution in [0.2, 0.25) is 0 Å². The number of hydrogen-bond acceptors (Lipinski definition) is 4. The third kappa shape index (κ3) is 3.12. The van der Waals surface area contributed by atoms with Gasteiger partial charge in [0.1, 0.15) is 0 Å². The number of aryl methyl sites for hydroxylation is 2. The first kappa shape index (κ1) is 14.0. The van der Waals surface area contributed by atoms with Crippen LogP contribution in [0.25, 0.3) is 0 Å². The van der Waals surface area contributed by atoms with Crippen molar-refractivity contribution in [1.29, 1.82) is 0 Å². The Labute approximate surface area is 114 Å². The molecule has 2 unspecified atom stereocenters. The van der Waals surface area contributed by atoms with E-state index in [0.717, 1.165) is 13.0 Å². The number of rotatable bonds is 6. The Balaban J connectivity index is 2.09. The molecule has 0 radical (unpaired) electrons. The van der Waals surface area contributed by atoms with Gasteiger partial charge in [0, 0.05) is 23.5 Å². The van der Waals surface area contributed by atoms with E-state index in [1.54, 1.807) is 17.6 Å². The predicted molar refractivity (Wildman–Crippen MR) is 76.7 cm³/mol. The molecular formula is C14H24N2OS. The largest absolute Gasteiger partial charge is 0.385 e. The van der Waals surface area contributed by atoms with Crippen LogP contribution in [0.5, 0.6) is 0 Å². The molecule has 1 aromatic rings. The first-order chi connectivity index (χ1) is 8.76. The second-order valence-corrected chi connectivity index (χ2v) is 6.38. The van der Waals surface area contributed by atoms with Gasteiger partial charge in [-0.3, -0.25) is 11.3 Å². The molecular weight excluding hydrogens is 244 g/mol. The van der Waals surface area contributed by atoms with Crippen LogP contribution < -0.4 is 11.3 Å². The standard InChI is InChI=1S/C14H24N2OS/c1-10(7-8-17-2)14(16-15)13-9-11-5-3-4-6-12(11)18-13/h9-10,14,16H,3-8,15H2,1-2H3. The van der Waals surface area contributed by atoms with E-state index >= 15 is 0 Å². The number of fused-ring (bicyclic) bond motifs is 1. The van der Waals surface area contributed by atoms with E-state index in [1.807, 2.05) is 11.3 Å². The normalized spacial score (nSPS) is 18.4. The van der Waals surface area contributed by atoms with Gasteiger partial charge in [-0.25, -0.2) is 0 Å². The number of thiophene rings is 1. The van der Waals surface area contributed by atoms with Crippen molar-refractivity contribution in [3.8, 4) is 0 Å². The van der Waals surface area contributed by atoms with E-state index < -0.39 is 0 Å². The average Bonchev–Trinajstić information content (AvgIpc) is 2.80. The third-order valence-electron chi connectivity index (χ3n) is 3.85. The van der Waals surface area contributed by atoms with E-state index in [0.29, 0.717) is 5.92 Å². The molecule has 0 spiro atoms. The predicted octanol–water partition coefficient (Wildman–Crippen LogP) is 2.80. The summed E-state index contributed by atoms with van der Waals surface area (Å²) >= 11 is 1.95. The maximum atomic E-state index is 5.75. The molecule has 18 heavy (non-hydrogen) atoms. The molecule has 0 aliphatic heterocycles. The highest BCUT2D eigenvalue weighted by Crippen LogP contribution is 2.35. The molecule has 0 bridgehead atoms. The molecule has 1 aromatic heterocycles. The van der Waals surface area contributed by atoms with Crippen molar-refractivity contribution < 1.29 is 4.74 Å². The minimum absolute atomic E-state index is 0.260. The van der Waals surface area contributed by atoms with Gasteiger partial charge in [-0.1, -0.05) is 6.92 Å².